The summed E-state index contributed by atoms with van der Waals surface area (Å²) in [6, 6.07) is 6.08. The Morgan fingerprint density at radius 2 is 2.14 bits per heavy atom. The summed E-state index contributed by atoms with van der Waals surface area (Å²) in [6.45, 7) is 1.79. The lowest BCUT2D eigenvalue weighted by molar-refractivity contribution is 0.461. The van der Waals surface area contributed by atoms with Crippen LogP contribution in [0.15, 0.2) is 41.2 Å². The summed E-state index contributed by atoms with van der Waals surface area (Å²) in [7, 11) is 0. The maximum absolute atomic E-state index is 12.8. The van der Waals surface area contributed by atoms with Crippen molar-refractivity contribution in [3.05, 3.63) is 48.2 Å². The molecular weight excluding hydrogens is 183 g/mol. The maximum Gasteiger partial charge on any atom is 0.165 e. The van der Waals surface area contributed by atoms with Crippen LogP contribution in [-0.4, -0.2) is 0 Å². The second-order valence-electron chi connectivity index (χ2n) is 2.97. The summed E-state index contributed by atoms with van der Waals surface area (Å²) in [4.78, 5) is 0. The van der Waals surface area contributed by atoms with E-state index in [0.717, 1.165) is 5.56 Å². The third-order valence-corrected chi connectivity index (χ3v) is 1.86. The molecule has 0 saturated carbocycles. The quantitative estimate of drug-likeness (QED) is 0.726. The van der Waals surface area contributed by atoms with Crippen LogP contribution in [-0.2, 0) is 0 Å². The number of ether oxygens (including phenoxy) is 1. The van der Waals surface area contributed by atoms with Crippen molar-refractivity contribution < 1.29 is 13.5 Å². The third-order valence-electron chi connectivity index (χ3n) is 1.86. The van der Waals surface area contributed by atoms with Gasteiger partial charge < -0.3 is 9.15 Å². The van der Waals surface area contributed by atoms with Crippen LogP contribution < -0.4 is 4.74 Å². The van der Waals surface area contributed by atoms with Crippen LogP contribution in [0.25, 0.3) is 0 Å². The second-order valence-corrected chi connectivity index (χ2v) is 2.97. The van der Waals surface area contributed by atoms with Gasteiger partial charge in [-0.1, -0.05) is 0 Å². The molecule has 0 fully saturated rings. The van der Waals surface area contributed by atoms with Gasteiger partial charge in [0.1, 0.15) is 17.8 Å². The summed E-state index contributed by atoms with van der Waals surface area (Å²) in [5, 5.41) is 0. The Bertz CT molecular complexity index is 421. The van der Waals surface area contributed by atoms with Crippen LogP contribution in [0.2, 0.25) is 0 Å². The molecule has 3 heteroatoms. The molecule has 0 radical (unpaired) electrons. The highest BCUT2D eigenvalue weighted by Crippen LogP contribution is 2.25. The van der Waals surface area contributed by atoms with Crippen molar-refractivity contribution in [3.63, 3.8) is 0 Å². The molecule has 0 spiro atoms. The van der Waals surface area contributed by atoms with Gasteiger partial charge in [-0.3, -0.25) is 0 Å². The first kappa shape index (κ1) is 8.81. The fourth-order valence-electron chi connectivity index (χ4n) is 1.16. The summed E-state index contributed by atoms with van der Waals surface area (Å²) in [5.74, 6) is 0.981. The Morgan fingerprint density at radius 1 is 1.29 bits per heavy atom. The monoisotopic (exact) mass is 192 g/mol. The van der Waals surface area contributed by atoms with Gasteiger partial charge in [0.05, 0.1) is 6.26 Å². The zero-order chi connectivity index (χ0) is 9.97. The van der Waals surface area contributed by atoms with Crippen LogP contribution in [0, 0.1) is 12.7 Å². The number of hydrogen-bond acceptors (Lipinski definition) is 2. The van der Waals surface area contributed by atoms with Crippen molar-refractivity contribution in [2.24, 2.45) is 0 Å². The lowest BCUT2D eigenvalue weighted by Crippen LogP contribution is -1.86. The molecule has 1 aromatic carbocycles. The third kappa shape index (κ3) is 1.76. The topological polar surface area (TPSA) is 22.4 Å². The van der Waals surface area contributed by atoms with Gasteiger partial charge in [0.25, 0.3) is 0 Å². The molecule has 2 aromatic rings. The number of furan rings is 1. The number of benzene rings is 1. The van der Waals surface area contributed by atoms with Crippen LogP contribution >= 0.6 is 0 Å². The largest absolute Gasteiger partial charge is 0.469 e. The highest BCUT2D eigenvalue weighted by Gasteiger charge is 2.02. The molecule has 0 saturated heterocycles. The molecule has 0 amide bonds. The summed E-state index contributed by atoms with van der Waals surface area (Å²) in [5.41, 5.74) is 0.756. The smallest absolute Gasteiger partial charge is 0.165 e. The molecule has 72 valence electrons. The van der Waals surface area contributed by atoms with Crippen LogP contribution in [0.4, 0.5) is 4.39 Å². The predicted octanol–water partition coefficient (Wildman–Crippen LogP) is 3.52. The summed E-state index contributed by atoms with van der Waals surface area (Å²) >= 11 is 0. The van der Waals surface area contributed by atoms with E-state index in [9.17, 15) is 4.39 Å². The Balaban J connectivity index is 2.25. The molecule has 2 rings (SSSR count). The molecule has 0 unspecified atom stereocenters. The van der Waals surface area contributed by atoms with Gasteiger partial charge in [0.15, 0.2) is 5.75 Å². The SMILES string of the molecule is Cc1cc(F)ccc1Oc1ccoc1. The average Bonchev–Trinajstić information content (AvgIpc) is 2.62. The zero-order valence-corrected chi connectivity index (χ0v) is 7.66. The van der Waals surface area contributed by atoms with Gasteiger partial charge >= 0.3 is 0 Å². The minimum absolute atomic E-state index is 0.262. The molecular formula is C11H9FO2. The minimum atomic E-state index is -0.262. The molecule has 0 bridgehead atoms. The molecule has 2 nitrogen and oxygen atoms in total. The van der Waals surface area contributed by atoms with E-state index in [-0.39, 0.29) is 5.82 Å². The molecule has 1 aromatic heterocycles. The molecule has 0 N–H and O–H groups in total. The summed E-state index contributed by atoms with van der Waals surface area (Å²) < 4.78 is 23.0. The Labute approximate surface area is 80.9 Å². The molecule has 0 aliphatic heterocycles. The van der Waals surface area contributed by atoms with Crippen molar-refractivity contribution >= 4 is 0 Å². The molecule has 0 aliphatic carbocycles. The Hall–Kier alpha value is -1.77. The van der Waals surface area contributed by atoms with Gasteiger partial charge in [0, 0.05) is 6.07 Å². The number of hydrogen-bond donors (Lipinski definition) is 0. The first-order chi connectivity index (χ1) is 6.75. The fourth-order valence-corrected chi connectivity index (χ4v) is 1.16. The predicted molar refractivity (Wildman–Crippen MR) is 49.9 cm³/mol. The lowest BCUT2D eigenvalue weighted by Gasteiger charge is -2.05. The van der Waals surface area contributed by atoms with Crippen molar-refractivity contribution in [3.8, 4) is 11.5 Å². The maximum atomic E-state index is 12.8. The van der Waals surface area contributed by atoms with E-state index in [4.69, 9.17) is 9.15 Å². The molecule has 0 aliphatic rings. The van der Waals surface area contributed by atoms with E-state index in [1.165, 1.54) is 24.7 Å². The fraction of sp³-hybridized carbons (Fsp3) is 0.0909. The lowest BCUT2D eigenvalue weighted by atomic mass is 10.2. The first-order valence-electron chi connectivity index (χ1n) is 4.22. The van der Waals surface area contributed by atoms with Crippen LogP contribution in [0.5, 0.6) is 11.5 Å². The standard InChI is InChI=1S/C11H9FO2/c1-8-6-9(12)2-3-11(8)14-10-4-5-13-7-10/h2-7H,1H3. The average molecular weight is 192 g/mol. The molecule has 0 atom stereocenters. The van der Waals surface area contributed by atoms with Gasteiger partial charge in [0.2, 0.25) is 0 Å². The number of aryl methyl sites for hydroxylation is 1. The molecule has 14 heavy (non-hydrogen) atoms. The van der Waals surface area contributed by atoms with Gasteiger partial charge in [-0.15, -0.1) is 0 Å². The van der Waals surface area contributed by atoms with E-state index in [2.05, 4.69) is 0 Å². The van der Waals surface area contributed by atoms with Gasteiger partial charge in [-0.05, 0) is 30.7 Å². The Morgan fingerprint density at radius 3 is 2.79 bits per heavy atom. The van der Waals surface area contributed by atoms with Crippen molar-refractivity contribution in [1.82, 2.24) is 0 Å². The summed E-state index contributed by atoms with van der Waals surface area (Å²) in [6.07, 6.45) is 3.01. The van der Waals surface area contributed by atoms with Crippen molar-refractivity contribution in [1.29, 1.82) is 0 Å². The normalized spacial score (nSPS) is 10.1. The second kappa shape index (κ2) is 3.54. The first-order valence-corrected chi connectivity index (χ1v) is 4.22. The van der Waals surface area contributed by atoms with Crippen molar-refractivity contribution in [2.45, 2.75) is 6.92 Å². The van der Waals surface area contributed by atoms with E-state index in [0.29, 0.717) is 11.5 Å². The molecule has 1 heterocycles. The number of halogens is 1. The van der Waals surface area contributed by atoms with Crippen LogP contribution in [0.1, 0.15) is 5.56 Å². The highest BCUT2D eigenvalue weighted by molar-refractivity contribution is 5.36. The van der Waals surface area contributed by atoms with E-state index in [1.807, 2.05) is 0 Å². The van der Waals surface area contributed by atoms with Gasteiger partial charge in [-0.25, -0.2) is 4.39 Å². The van der Waals surface area contributed by atoms with Crippen molar-refractivity contribution in [2.75, 3.05) is 0 Å². The minimum Gasteiger partial charge on any atom is -0.469 e. The van der Waals surface area contributed by atoms with Crippen LogP contribution in [0.3, 0.4) is 0 Å². The highest BCUT2D eigenvalue weighted by atomic mass is 19.1. The van der Waals surface area contributed by atoms with E-state index >= 15 is 0 Å². The zero-order valence-electron chi connectivity index (χ0n) is 7.66. The van der Waals surface area contributed by atoms with E-state index < -0.39 is 0 Å². The Kier molecular flexibility index (Phi) is 2.23. The van der Waals surface area contributed by atoms with Gasteiger partial charge in [-0.2, -0.15) is 0 Å². The number of rotatable bonds is 2. The van der Waals surface area contributed by atoms with E-state index in [1.54, 1.807) is 19.1 Å².